The van der Waals surface area contributed by atoms with Crippen molar-refractivity contribution in [2.45, 2.75) is 55.4 Å². The molecule has 388 valence electrons. The maximum atomic E-state index is 13.5. The van der Waals surface area contributed by atoms with Crippen molar-refractivity contribution < 1.29 is 56.4 Å². The topological polar surface area (TPSA) is 263 Å². The number of methoxy groups -OCH3 is 3. The van der Waals surface area contributed by atoms with Crippen LogP contribution in [0.25, 0.3) is 16.7 Å². The molecule has 0 amide bonds. The van der Waals surface area contributed by atoms with Gasteiger partial charge in [0, 0.05) is 6.07 Å². The van der Waals surface area contributed by atoms with Gasteiger partial charge in [0.05, 0.1) is 0 Å². The molecule has 2 saturated heterocycles. The van der Waals surface area contributed by atoms with Crippen molar-refractivity contribution in [1.29, 1.82) is 5.26 Å². The van der Waals surface area contributed by atoms with Crippen LogP contribution in [0.5, 0.6) is 17.2 Å². The first-order valence-corrected chi connectivity index (χ1v) is 27.2. The molecule has 0 unspecified atom stereocenters. The van der Waals surface area contributed by atoms with E-state index >= 15 is 0 Å². The van der Waals surface area contributed by atoms with Crippen molar-refractivity contribution in [2.75, 3.05) is 46.0 Å². The predicted octanol–water partition coefficient (Wildman–Crippen LogP) is 5.95. The fraction of sp³-hybridized carbons (Fsp3) is 0.320. The van der Waals surface area contributed by atoms with E-state index in [4.69, 9.17) is 46.4 Å². The molecule has 0 radical (unpaired) electrons. The van der Waals surface area contributed by atoms with E-state index in [9.17, 15) is 29.6 Å². The molecule has 0 bridgehead atoms. The average Bonchev–Trinajstić information content (AvgIpc) is 4.03. The standard InChI is InChI=1S/C50H51N6O15PS2/c1-62-37-16-11-33(12-17-37)50(32-8-5-4-6-9-32,34-13-18-38(63-2)19-14-34)66-28-41-45(46(64-3)47(68-41)55-22-20-44(58)52-49(55)60)71-72(61,67-23-7-21-51)70-43-30-74-73-29-42(43)65-27-35-26-56(54-53-35)39-24-31-10-15-36(57)25-40(31)69-48(39)59/h4-6,8-20,22,24-26,41-43,45-47,57,61,72H,7,23,27-30H2,1-3H3,(H,52,58,60)/t41-,42-,43-,45-,46-,47-/m1/s1. The number of nitrogens with one attached hydrogen (secondary N) is 1. The molecule has 0 aliphatic carbocycles. The number of ether oxygens (including phenoxy) is 6. The van der Waals surface area contributed by atoms with Crippen molar-refractivity contribution in [3.63, 3.8) is 0 Å². The number of nitriles is 1. The van der Waals surface area contributed by atoms with Crippen molar-refractivity contribution in [2.24, 2.45) is 0 Å². The number of benzene rings is 4. The van der Waals surface area contributed by atoms with Gasteiger partial charge in [-0.05, 0) is 6.07 Å². The second-order valence-electron chi connectivity index (χ2n) is 16.8. The van der Waals surface area contributed by atoms with E-state index in [-0.39, 0.29) is 43.3 Å². The van der Waals surface area contributed by atoms with Gasteiger partial charge in [-0.25, -0.2) is 0 Å². The Balaban J connectivity index is 1.03. The van der Waals surface area contributed by atoms with Gasteiger partial charge in [-0.1, -0.05) is 0 Å². The molecule has 2 aliphatic rings. The molecule has 24 heteroatoms. The van der Waals surface area contributed by atoms with Crippen LogP contribution < -0.4 is 26.3 Å². The number of phenolic OH excluding ortho intramolecular Hbond substituents is 1. The Bertz CT molecular complexity index is 3200. The van der Waals surface area contributed by atoms with Crippen molar-refractivity contribution in [3.8, 4) is 29.0 Å². The minimum atomic E-state index is -4.94. The second kappa shape index (κ2) is 23.4. The number of nitrogens with zero attached hydrogens (tertiary/aromatic N) is 5. The molecular formula is C50H51N6O15PS2. The summed E-state index contributed by atoms with van der Waals surface area (Å²) in [6.07, 6.45) is -3.78. The Morgan fingerprint density at radius 2 is 1.55 bits per heavy atom. The minimum absolute atomic E-state index is 0.0515. The van der Waals surface area contributed by atoms with E-state index in [2.05, 4.69) is 15.3 Å². The monoisotopic (exact) mass is 1070 g/mol. The Hall–Kier alpha value is -6.39. The zero-order valence-electron chi connectivity index (χ0n) is 40.0. The number of fused-ring (bicyclic) bond motifs is 1. The number of aromatic hydroxyl groups is 1. The molecule has 0 spiro atoms. The van der Waals surface area contributed by atoms with Crippen LogP contribution >= 0.6 is 29.8 Å². The number of aromatic nitrogens is 5. The summed E-state index contributed by atoms with van der Waals surface area (Å²) in [5.74, 6) is 1.87. The van der Waals surface area contributed by atoms with E-state index in [1.807, 2.05) is 84.9 Å². The van der Waals surface area contributed by atoms with E-state index in [0.29, 0.717) is 45.2 Å². The van der Waals surface area contributed by atoms with Gasteiger partial charge < -0.3 is 5.11 Å². The predicted molar refractivity (Wildman–Crippen MR) is 273 cm³/mol. The molecule has 2 aliphatic heterocycles. The first-order chi connectivity index (χ1) is 35.9. The third kappa shape index (κ3) is 11.5. The van der Waals surface area contributed by atoms with Gasteiger partial charge in [0.15, 0.2) is 0 Å². The first-order valence-electron chi connectivity index (χ1n) is 23.1. The van der Waals surface area contributed by atoms with Crippen molar-refractivity contribution in [1.82, 2.24) is 24.5 Å². The maximum absolute atomic E-state index is 13.5. The zero-order valence-corrected chi connectivity index (χ0v) is 42.6. The number of H-pyrrole nitrogens is 1. The number of aromatic amines is 1. The third-order valence-corrected chi connectivity index (χ3v) is 16.5. The molecule has 21 nitrogen and oxygen atoms in total. The molecule has 7 aromatic rings. The molecular weight excluding hydrogens is 1020 g/mol. The molecule has 3 aromatic heterocycles. The third-order valence-electron chi connectivity index (χ3n) is 12.3. The van der Waals surface area contributed by atoms with Crippen LogP contribution in [-0.2, 0) is 44.7 Å². The molecule has 3 N–H and O–H groups in total. The van der Waals surface area contributed by atoms with Gasteiger partial charge in [-0.3, -0.25) is 0 Å². The van der Waals surface area contributed by atoms with Gasteiger partial charge in [0.2, 0.25) is 0 Å². The van der Waals surface area contributed by atoms with E-state index < -0.39 is 67.4 Å². The van der Waals surface area contributed by atoms with Gasteiger partial charge in [-0.2, -0.15) is 0 Å². The summed E-state index contributed by atoms with van der Waals surface area (Å²) >= 11 is 0. The van der Waals surface area contributed by atoms with E-state index in [1.54, 1.807) is 26.4 Å². The van der Waals surface area contributed by atoms with Crippen LogP contribution in [-0.4, -0.2) is 111 Å². The summed E-state index contributed by atoms with van der Waals surface area (Å²) in [6, 6.07) is 33.5. The normalized spacial score (nSPS) is 20.3. The zero-order chi connectivity index (χ0) is 51.8. The van der Waals surface area contributed by atoms with Crippen LogP contribution in [0.4, 0.5) is 0 Å². The fourth-order valence-corrected chi connectivity index (χ4v) is 13.0. The van der Waals surface area contributed by atoms with Gasteiger partial charge in [0.25, 0.3) is 0 Å². The number of hydrogen-bond donors (Lipinski definition) is 3. The molecule has 9 rings (SSSR count). The van der Waals surface area contributed by atoms with Crippen LogP contribution in [0.2, 0.25) is 0 Å². The Morgan fingerprint density at radius 3 is 2.22 bits per heavy atom. The average molecular weight is 1070 g/mol. The Kier molecular flexibility index (Phi) is 16.6. The SMILES string of the molecule is COc1ccc(C(OC[C@H]2O[C@@H](n3ccc(=O)[nH]c3=O)[C@H](OC)[C@@H]2O[PH](O)(OCCC#N)O[C@@H]2CSSC[C@H]2OCc2cn(-c3cc4ccc(O)cc4oc3=O)nn2)(c2ccccc2)c2ccc(OC)cc2)cc1. The molecule has 5 heterocycles. The van der Waals surface area contributed by atoms with Crippen LogP contribution in [0, 0.1) is 11.3 Å². The first kappa shape index (κ1) is 52.5. The summed E-state index contributed by atoms with van der Waals surface area (Å²) in [5.41, 5.74) is -0.683. The van der Waals surface area contributed by atoms with E-state index in [0.717, 1.165) is 16.2 Å². The Morgan fingerprint density at radius 1 is 0.865 bits per heavy atom. The Labute approximate surface area is 430 Å². The molecule has 0 saturated carbocycles. The van der Waals surface area contributed by atoms with Gasteiger partial charge in [0.1, 0.15) is 5.75 Å². The molecule has 6 atom stereocenters. The molecule has 4 aromatic carbocycles. The summed E-state index contributed by atoms with van der Waals surface area (Å²) in [5, 5.41) is 28.3. The van der Waals surface area contributed by atoms with Crippen LogP contribution in [0.3, 0.4) is 0 Å². The quantitative estimate of drug-likeness (QED) is 0.0247. The summed E-state index contributed by atoms with van der Waals surface area (Å²) in [6.45, 7) is -0.642. The van der Waals surface area contributed by atoms with Gasteiger partial charge in [-0.15, -0.1) is 0 Å². The van der Waals surface area contributed by atoms with Crippen molar-refractivity contribution in [3.05, 3.63) is 175 Å². The fourth-order valence-electron chi connectivity index (χ4n) is 8.69. The summed E-state index contributed by atoms with van der Waals surface area (Å²) in [4.78, 5) is 53.6. The van der Waals surface area contributed by atoms with E-state index in [1.165, 1.54) is 57.9 Å². The number of rotatable bonds is 21. The molecule has 74 heavy (non-hydrogen) atoms. The number of phenols is 1. The summed E-state index contributed by atoms with van der Waals surface area (Å²) < 4.78 is 64.5. The second-order valence-corrected chi connectivity index (χ2v) is 21.2. The van der Waals surface area contributed by atoms with Crippen LogP contribution in [0.15, 0.2) is 140 Å². The summed E-state index contributed by atoms with van der Waals surface area (Å²) in [7, 11) is 2.59. The number of hydrogen-bond acceptors (Lipinski definition) is 20. The van der Waals surface area contributed by atoms with Gasteiger partial charge >= 0.3 is 410 Å². The molecule has 2 fully saturated rings. The van der Waals surface area contributed by atoms with Crippen LogP contribution in [0.1, 0.15) is 35.0 Å². The van der Waals surface area contributed by atoms with Crippen molar-refractivity contribution >= 4 is 40.7 Å².